The number of aliphatic hydroxyl groups is 1. The van der Waals surface area contributed by atoms with Crippen LogP contribution in [0.1, 0.15) is 36.4 Å². The molecule has 6 rings (SSSR count). The van der Waals surface area contributed by atoms with Gasteiger partial charge in [0.25, 0.3) is 0 Å². The molecule has 0 radical (unpaired) electrons. The SMILES string of the molecule is CN(C)C=Nc1ncnc2c1c(C#CCNC(=O)C(F)(F)F)cn2C1CC(OCN=[N+]=[N-])C(CO)O1.[N-]=[N+]=NCOC1CC(n2cc(C#CCN)c3c(N)ncnc32)OC1COP(P)P. The molecule has 1 amide bonds. The van der Waals surface area contributed by atoms with Crippen molar-refractivity contribution < 1.29 is 46.5 Å². The predicted molar refractivity (Wildman–Crippen MR) is 237 cm³/mol. The molecule has 4 aromatic rings. The van der Waals surface area contributed by atoms with Crippen LogP contribution in [-0.2, 0) is 28.3 Å². The first-order valence-corrected chi connectivity index (χ1v) is 23.5. The standard InChI is InChI=1S/C20H22F3N9O4.C15H21N8O3P3/c1-31(2)10-28-17-16-12(4-3-5-25-19(34)20(21,22)23)7-32(18(16)27-9-26-17)15-6-13(14(8-33)36-15)35-11-29-30-24;16-3-1-2-9-5-23(15-13(9)14(17)19-7-20-15)12-4-10(24-8-21-22-18)11(26-12)6-25-29(27)28/h7,9-10,13-15,33H,5-6,8,11H2,1-2H3,(H,25,34);5,7,10-12H,3-4,6,8,16,27-28H2,(H2,17,19,20). The molecule has 24 nitrogen and oxygen atoms in total. The summed E-state index contributed by atoms with van der Waals surface area (Å²) in [6.07, 6.45) is 0.370. The fraction of sp³-hybridized carbons (Fsp3) is 0.486. The number of carbonyl (C=O) groups excluding carboxylic acids is 1. The number of alkyl halides is 3. The minimum atomic E-state index is -5.01. The van der Waals surface area contributed by atoms with Gasteiger partial charge in [0.05, 0.1) is 74.3 Å². The zero-order valence-electron chi connectivity index (χ0n) is 34.6. The lowest BCUT2D eigenvalue weighted by molar-refractivity contribution is -0.173. The van der Waals surface area contributed by atoms with Crippen LogP contribution >= 0.6 is 25.4 Å². The Morgan fingerprint density at radius 2 is 1.57 bits per heavy atom. The van der Waals surface area contributed by atoms with E-state index >= 15 is 0 Å². The molecule has 4 aromatic heterocycles. The zero-order valence-corrected chi connectivity index (χ0v) is 37.8. The van der Waals surface area contributed by atoms with Gasteiger partial charge in [-0.05, 0) is 11.1 Å². The molecule has 0 saturated carbocycles. The summed E-state index contributed by atoms with van der Waals surface area (Å²) < 4.78 is 69.7. The summed E-state index contributed by atoms with van der Waals surface area (Å²) in [4.78, 5) is 39.3. The fourth-order valence-corrected chi connectivity index (χ4v) is 7.30. The number of halogens is 3. The Morgan fingerprint density at radius 3 is 2.14 bits per heavy atom. The van der Waals surface area contributed by atoms with Gasteiger partial charge in [0.1, 0.15) is 67.9 Å². The first kappa shape index (κ1) is 50.5. The highest BCUT2D eigenvalue weighted by Gasteiger charge is 2.40. The summed E-state index contributed by atoms with van der Waals surface area (Å²) in [6.45, 7) is -0.661. The van der Waals surface area contributed by atoms with Crippen molar-refractivity contribution in [2.24, 2.45) is 21.0 Å². The minimum Gasteiger partial charge on any atom is -0.394 e. The maximum Gasteiger partial charge on any atom is 0.471 e. The van der Waals surface area contributed by atoms with E-state index < -0.39 is 44.6 Å². The van der Waals surface area contributed by atoms with Crippen molar-refractivity contribution in [2.75, 3.05) is 59.6 Å². The average Bonchev–Trinajstić information content (AvgIpc) is 4.06. The lowest BCUT2D eigenvalue weighted by Crippen LogP contribution is -2.36. The van der Waals surface area contributed by atoms with Crippen LogP contribution in [0.4, 0.5) is 24.8 Å². The predicted octanol–water partition coefficient (Wildman–Crippen LogP) is 3.87. The maximum absolute atomic E-state index is 12.4. The molecule has 0 aliphatic carbocycles. The van der Waals surface area contributed by atoms with Gasteiger partial charge < -0.3 is 59.4 Å². The Balaban J connectivity index is 0.000000250. The molecular formula is C35H43F3N17O7P3. The summed E-state index contributed by atoms with van der Waals surface area (Å²) in [6, 6.07) is 0. The number of hydrogen-bond donors (Lipinski definition) is 4. The van der Waals surface area contributed by atoms with Crippen molar-refractivity contribution >= 4 is 71.3 Å². The number of nitrogens with two attached hydrogens (primary N) is 2. The summed E-state index contributed by atoms with van der Waals surface area (Å²) in [5.74, 6) is 9.56. The van der Waals surface area contributed by atoms with Crippen molar-refractivity contribution in [3.05, 3.63) is 57.1 Å². The zero-order chi connectivity index (χ0) is 47.1. The van der Waals surface area contributed by atoms with E-state index in [-0.39, 0.29) is 57.3 Å². The molecule has 8 unspecified atom stereocenters. The van der Waals surface area contributed by atoms with Gasteiger partial charge in [-0.2, -0.15) is 13.2 Å². The van der Waals surface area contributed by atoms with Crippen LogP contribution in [0, 0.1) is 23.7 Å². The van der Waals surface area contributed by atoms with Crippen LogP contribution in [0.25, 0.3) is 43.0 Å². The molecule has 6 heterocycles. The van der Waals surface area contributed by atoms with Crippen LogP contribution in [0.15, 0.2) is 40.3 Å². The van der Waals surface area contributed by atoms with E-state index in [0.717, 1.165) is 0 Å². The van der Waals surface area contributed by atoms with Gasteiger partial charge in [0, 0.05) is 49.2 Å². The second kappa shape index (κ2) is 24.2. The molecule has 0 spiro atoms. The highest BCUT2D eigenvalue weighted by atomic mass is 32.4. The number of amides is 1. The number of aromatic nitrogens is 6. The highest BCUT2D eigenvalue weighted by molar-refractivity contribution is 8.41. The number of azide groups is 2. The fourth-order valence-electron chi connectivity index (χ4n) is 6.46. The van der Waals surface area contributed by atoms with E-state index in [9.17, 15) is 23.1 Å². The van der Waals surface area contributed by atoms with E-state index in [2.05, 4.69) is 86.5 Å². The second-order valence-electron chi connectivity index (χ2n) is 13.6. The third-order valence-electron chi connectivity index (χ3n) is 9.15. The number of aliphatic imine (C=N–C) groups is 1. The van der Waals surface area contributed by atoms with Gasteiger partial charge in [-0.15, -0.1) is 0 Å². The molecule has 8 atom stereocenters. The number of carbonyl (C=O) groups is 1. The van der Waals surface area contributed by atoms with Gasteiger partial charge in [0.2, 0.25) is 0 Å². The molecule has 2 fully saturated rings. The minimum absolute atomic E-state index is 0.0843. The number of nitrogens with zero attached hydrogens (tertiary/aromatic N) is 14. The topological polar surface area (TPSA) is 322 Å². The van der Waals surface area contributed by atoms with Crippen LogP contribution in [0.5, 0.6) is 0 Å². The van der Waals surface area contributed by atoms with E-state index in [1.165, 1.54) is 19.0 Å². The molecule has 346 valence electrons. The smallest absolute Gasteiger partial charge is 0.394 e. The largest absolute Gasteiger partial charge is 0.471 e. The Labute approximate surface area is 373 Å². The lowest BCUT2D eigenvalue weighted by Gasteiger charge is -2.19. The van der Waals surface area contributed by atoms with Crippen molar-refractivity contribution in [1.82, 2.24) is 39.3 Å². The number of aliphatic hydroxyl groups excluding tert-OH is 1. The molecule has 6 N–H and O–H groups in total. The quantitative estimate of drug-likeness (QED) is 0.0250. The lowest BCUT2D eigenvalue weighted by atomic mass is 10.2. The maximum atomic E-state index is 12.4. The van der Waals surface area contributed by atoms with E-state index in [1.54, 1.807) is 35.1 Å². The summed E-state index contributed by atoms with van der Waals surface area (Å²) in [7, 11) is 8.00. The third-order valence-corrected chi connectivity index (χ3v) is 10.5. The number of nitrogens with one attached hydrogen (secondary N) is 1. The molecule has 65 heavy (non-hydrogen) atoms. The first-order chi connectivity index (χ1) is 31.2. The highest BCUT2D eigenvalue weighted by Crippen LogP contribution is 2.54. The van der Waals surface area contributed by atoms with Gasteiger partial charge in [-0.25, -0.2) is 24.9 Å². The summed E-state index contributed by atoms with van der Waals surface area (Å²) >= 11 is 0. The molecule has 2 aliphatic rings. The number of anilines is 1. The summed E-state index contributed by atoms with van der Waals surface area (Å²) in [5, 5.41) is 19.2. The Bertz CT molecular complexity index is 2550. The van der Waals surface area contributed by atoms with Crippen molar-refractivity contribution in [3.63, 3.8) is 0 Å². The van der Waals surface area contributed by atoms with Crippen LogP contribution in [0.3, 0.4) is 0 Å². The second-order valence-corrected chi connectivity index (χ2v) is 19.5. The number of ether oxygens (including phenoxy) is 4. The monoisotopic (exact) mass is 963 g/mol. The molecule has 30 heteroatoms. The van der Waals surface area contributed by atoms with E-state index in [0.29, 0.717) is 52.0 Å². The molecule has 0 bridgehead atoms. The Hall–Kier alpha value is -5.48. The van der Waals surface area contributed by atoms with Crippen molar-refractivity contribution in [1.29, 1.82) is 0 Å². The first-order valence-electron chi connectivity index (χ1n) is 19.0. The number of nitrogen functional groups attached to an aromatic ring is 1. The number of rotatable bonds is 15. The van der Waals surface area contributed by atoms with Crippen molar-refractivity contribution in [3.8, 4) is 23.7 Å². The van der Waals surface area contributed by atoms with Crippen LogP contribution < -0.4 is 16.8 Å². The van der Waals surface area contributed by atoms with E-state index in [1.807, 2.05) is 10.8 Å². The van der Waals surface area contributed by atoms with Gasteiger partial charge >= 0.3 is 12.1 Å². The summed E-state index contributed by atoms with van der Waals surface area (Å²) in [5.41, 5.74) is 30.5. The Kier molecular flexibility index (Phi) is 18.8. The Morgan fingerprint density at radius 1 is 1.00 bits per heavy atom. The molecule has 2 saturated heterocycles. The third kappa shape index (κ3) is 13.5. The molecular weight excluding hydrogens is 920 g/mol. The van der Waals surface area contributed by atoms with Crippen molar-refractivity contribution in [2.45, 2.75) is 55.9 Å². The number of fused-ring (bicyclic) bond motifs is 2. The average molecular weight is 964 g/mol. The molecule has 2 aliphatic heterocycles. The van der Waals surface area contributed by atoms with E-state index in [4.69, 9.17) is 46.0 Å². The van der Waals surface area contributed by atoms with Gasteiger partial charge in [-0.3, -0.25) is 4.79 Å². The molecule has 0 aromatic carbocycles. The van der Waals surface area contributed by atoms with Crippen LogP contribution in [-0.4, -0.2) is 136 Å². The van der Waals surface area contributed by atoms with Gasteiger partial charge in [0.15, 0.2) is 5.82 Å². The normalized spacial score (nSPS) is 20.3. The van der Waals surface area contributed by atoms with Gasteiger partial charge in [-0.1, -0.05) is 51.8 Å². The number of hydrogen-bond acceptors (Lipinski definition) is 16. The van der Waals surface area contributed by atoms with Crippen LogP contribution in [0.2, 0.25) is 0 Å².